The number of hydrogen-bond donors (Lipinski definition) is 1. The first-order valence-corrected chi connectivity index (χ1v) is 10.0. The Bertz CT molecular complexity index is 1030. The smallest absolute Gasteiger partial charge is 0.309 e. The largest absolute Gasteiger partial charge is 0.495 e. The molecular formula is C24H26N2O5. The minimum Gasteiger partial charge on any atom is -0.495 e. The van der Waals surface area contributed by atoms with Crippen LogP contribution >= 0.6 is 0 Å². The highest BCUT2D eigenvalue weighted by molar-refractivity contribution is 5.96. The molecule has 2 amide bonds. The van der Waals surface area contributed by atoms with Gasteiger partial charge < -0.3 is 19.7 Å². The van der Waals surface area contributed by atoms with Crippen molar-refractivity contribution in [2.24, 2.45) is 0 Å². The van der Waals surface area contributed by atoms with Gasteiger partial charge in [0.25, 0.3) is 5.91 Å². The van der Waals surface area contributed by atoms with Crippen molar-refractivity contribution < 1.29 is 23.9 Å². The van der Waals surface area contributed by atoms with Gasteiger partial charge in [-0.15, -0.1) is 0 Å². The standard InChI is InChI=1S/C24H26N2O5/c1-15-9-10-22(30-4)20(13-15)25-24(29)16(2)31-23(28)14-21-19-8-6-5-7-18(19)11-12-26(21)17(3)27/h5-13,16,21H,14H2,1-4H3,(H,25,29)/t16-,21-/m1/s1. The summed E-state index contributed by atoms with van der Waals surface area (Å²) in [4.78, 5) is 38.8. The number of aryl methyl sites for hydroxylation is 1. The Kier molecular flexibility index (Phi) is 6.74. The van der Waals surface area contributed by atoms with Crippen LogP contribution < -0.4 is 10.1 Å². The molecule has 0 fully saturated rings. The van der Waals surface area contributed by atoms with Crippen molar-refractivity contribution in [3.63, 3.8) is 0 Å². The summed E-state index contributed by atoms with van der Waals surface area (Å²) in [5.41, 5.74) is 3.26. The van der Waals surface area contributed by atoms with Gasteiger partial charge in [-0.1, -0.05) is 30.3 Å². The van der Waals surface area contributed by atoms with Crippen LogP contribution in [0.3, 0.4) is 0 Å². The zero-order valence-electron chi connectivity index (χ0n) is 18.0. The Hall–Kier alpha value is -3.61. The van der Waals surface area contributed by atoms with Gasteiger partial charge in [-0.05, 0) is 48.7 Å². The fraction of sp³-hybridized carbons (Fsp3) is 0.292. The summed E-state index contributed by atoms with van der Waals surface area (Å²) >= 11 is 0. The molecule has 2 aromatic rings. The molecule has 0 spiro atoms. The maximum atomic E-state index is 12.6. The van der Waals surface area contributed by atoms with Crippen molar-refractivity contribution >= 4 is 29.5 Å². The summed E-state index contributed by atoms with van der Waals surface area (Å²) in [5, 5.41) is 2.74. The first kappa shape index (κ1) is 22.1. The number of nitrogens with one attached hydrogen (secondary N) is 1. The van der Waals surface area contributed by atoms with E-state index in [0.29, 0.717) is 11.4 Å². The highest BCUT2D eigenvalue weighted by atomic mass is 16.5. The highest BCUT2D eigenvalue weighted by Crippen LogP contribution is 2.33. The lowest BCUT2D eigenvalue weighted by Crippen LogP contribution is -2.35. The topological polar surface area (TPSA) is 84.9 Å². The normalized spacial score (nSPS) is 15.6. The van der Waals surface area contributed by atoms with E-state index >= 15 is 0 Å². The van der Waals surface area contributed by atoms with Crippen molar-refractivity contribution in [3.8, 4) is 5.75 Å². The number of ether oxygens (including phenoxy) is 2. The molecule has 0 radical (unpaired) electrons. The van der Waals surface area contributed by atoms with Gasteiger partial charge in [0.05, 0.1) is 25.3 Å². The van der Waals surface area contributed by atoms with E-state index in [4.69, 9.17) is 9.47 Å². The summed E-state index contributed by atoms with van der Waals surface area (Å²) in [6.07, 6.45) is 2.43. The van der Waals surface area contributed by atoms with E-state index in [-0.39, 0.29) is 12.3 Å². The lowest BCUT2D eigenvalue weighted by atomic mass is 9.94. The van der Waals surface area contributed by atoms with Crippen LogP contribution in [0.4, 0.5) is 5.69 Å². The van der Waals surface area contributed by atoms with Gasteiger partial charge in [0.15, 0.2) is 6.10 Å². The molecule has 1 heterocycles. The van der Waals surface area contributed by atoms with Crippen molar-refractivity contribution in [1.82, 2.24) is 4.90 Å². The van der Waals surface area contributed by atoms with Crippen molar-refractivity contribution in [3.05, 3.63) is 65.4 Å². The van der Waals surface area contributed by atoms with Gasteiger partial charge in [-0.2, -0.15) is 0 Å². The Labute approximate surface area is 181 Å². The van der Waals surface area contributed by atoms with Gasteiger partial charge in [0, 0.05) is 13.1 Å². The second-order valence-corrected chi connectivity index (χ2v) is 7.42. The van der Waals surface area contributed by atoms with Crippen LogP contribution in [0.1, 0.15) is 43.0 Å². The number of hydrogen-bond acceptors (Lipinski definition) is 5. The number of fused-ring (bicyclic) bond motifs is 1. The number of rotatable bonds is 6. The number of anilines is 1. The van der Waals surface area contributed by atoms with E-state index in [0.717, 1.165) is 16.7 Å². The molecule has 2 aromatic carbocycles. The fourth-order valence-corrected chi connectivity index (χ4v) is 3.52. The number of esters is 1. The summed E-state index contributed by atoms with van der Waals surface area (Å²) in [6, 6.07) is 12.5. The van der Waals surface area contributed by atoms with Crippen LogP contribution in [0.2, 0.25) is 0 Å². The summed E-state index contributed by atoms with van der Waals surface area (Å²) in [6.45, 7) is 4.85. The third-order valence-electron chi connectivity index (χ3n) is 5.12. The Morgan fingerprint density at radius 1 is 1.16 bits per heavy atom. The van der Waals surface area contributed by atoms with Gasteiger partial charge in [-0.25, -0.2) is 0 Å². The summed E-state index contributed by atoms with van der Waals surface area (Å²) in [7, 11) is 1.51. The van der Waals surface area contributed by atoms with Gasteiger partial charge >= 0.3 is 5.97 Å². The maximum absolute atomic E-state index is 12.6. The van der Waals surface area contributed by atoms with Crippen LogP contribution in [0, 0.1) is 6.92 Å². The number of benzene rings is 2. The number of methoxy groups -OCH3 is 1. The SMILES string of the molecule is COc1ccc(C)cc1NC(=O)[C@@H](C)OC(=O)C[C@@H]1c2ccccc2C=CN1C(C)=O. The number of carbonyl (C=O) groups is 3. The molecule has 3 rings (SSSR count). The predicted molar refractivity (Wildman–Crippen MR) is 117 cm³/mol. The van der Waals surface area contributed by atoms with Gasteiger partial charge in [0.1, 0.15) is 5.75 Å². The third kappa shape index (κ3) is 5.12. The number of nitrogens with zero attached hydrogens (tertiary/aromatic N) is 1. The zero-order valence-corrected chi connectivity index (χ0v) is 18.0. The predicted octanol–water partition coefficient (Wildman–Crippen LogP) is 3.84. The number of carbonyl (C=O) groups excluding carboxylic acids is 3. The van der Waals surface area contributed by atoms with Crippen LogP contribution in [0.25, 0.3) is 6.08 Å². The zero-order chi connectivity index (χ0) is 22.5. The second kappa shape index (κ2) is 9.47. The van der Waals surface area contributed by atoms with E-state index in [2.05, 4.69) is 5.32 Å². The number of amides is 2. The van der Waals surface area contributed by atoms with E-state index < -0.39 is 24.0 Å². The lowest BCUT2D eigenvalue weighted by Gasteiger charge is -2.32. The van der Waals surface area contributed by atoms with E-state index in [1.807, 2.05) is 43.3 Å². The van der Waals surface area contributed by atoms with E-state index in [1.165, 1.54) is 25.9 Å². The van der Waals surface area contributed by atoms with E-state index in [9.17, 15) is 14.4 Å². The minimum absolute atomic E-state index is 0.0632. The molecule has 7 heteroatoms. The maximum Gasteiger partial charge on any atom is 0.309 e. The Morgan fingerprint density at radius 3 is 2.61 bits per heavy atom. The molecule has 0 saturated carbocycles. The van der Waals surface area contributed by atoms with Gasteiger partial charge in [0.2, 0.25) is 5.91 Å². The molecule has 1 aliphatic rings. The van der Waals surface area contributed by atoms with Crippen molar-refractivity contribution in [2.45, 2.75) is 39.3 Å². The molecular weight excluding hydrogens is 396 g/mol. The van der Waals surface area contributed by atoms with Crippen LogP contribution in [0.15, 0.2) is 48.7 Å². The summed E-state index contributed by atoms with van der Waals surface area (Å²) in [5.74, 6) is -0.703. The molecule has 162 valence electrons. The first-order chi connectivity index (χ1) is 14.8. The minimum atomic E-state index is -1.02. The molecule has 1 aliphatic heterocycles. The van der Waals surface area contributed by atoms with E-state index in [1.54, 1.807) is 18.3 Å². The monoisotopic (exact) mass is 422 g/mol. The molecule has 0 saturated heterocycles. The average molecular weight is 422 g/mol. The first-order valence-electron chi connectivity index (χ1n) is 10.0. The Balaban J connectivity index is 1.68. The summed E-state index contributed by atoms with van der Waals surface area (Å²) < 4.78 is 10.6. The molecule has 2 atom stereocenters. The molecule has 0 aromatic heterocycles. The van der Waals surface area contributed by atoms with Crippen LogP contribution in [0.5, 0.6) is 5.75 Å². The molecule has 0 bridgehead atoms. The lowest BCUT2D eigenvalue weighted by molar-refractivity contribution is -0.154. The van der Waals surface area contributed by atoms with Crippen LogP contribution in [-0.4, -0.2) is 35.9 Å². The van der Waals surface area contributed by atoms with Gasteiger partial charge in [-0.3, -0.25) is 14.4 Å². The highest BCUT2D eigenvalue weighted by Gasteiger charge is 2.30. The Morgan fingerprint density at radius 2 is 1.90 bits per heavy atom. The molecule has 0 aliphatic carbocycles. The fourth-order valence-electron chi connectivity index (χ4n) is 3.52. The molecule has 31 heavy (non-hydrogen) atoms. The molecule has 0 unspecified atom stereocenters. The van der Waals surface area contributed by atoms with Crippen molar-refractivity contribution in [2.75, 3.05) is 12.4 Å². The molecule has 7 nitrogen and oxygen atoms in total. The average Bonchev–Trinajstić information content (AvgIpc) is 2.73. The second-order valence-electron chi connectivity index (χ2n) is 7.42. The molecule has 1 N–H and O–H groups in total. The third-order valence-corrected chi connectivity index (χ3v) is 5.12. The van der Waals surface area contributed by atoms with Crippen LogP contribution in [-0.2, 0) is 19.1 Å². The quantitative estimate of drug-likeness (QED) is 0.715. The van der Waals surface area contributed by atoms with Crippen molar-refractivity contribution in [1.29, 1.82) is 0 Å².